The molecule has 0 saturated carbocycles. The molecule has 3 unspecified atom stereocenters. The molecular formula is C17H22ClNO3. The Hall–Kier alpha value is -1.26. The van der Waals surface area contributed by atoms with Crippen LogP contribution >= 0.6 is 11.6 Å². The van der Waals surface area contributed by atoms with Crippen LogP contribution in [0.1, 0.15) is 38.7 Å². The molecule has 2 heterocycles. The molecule has 4 nitrogen and oxygen atoms in total. The van der Waals surface area contributed by atoms with Gasteiger partial charge in [0.15, 0.2) is 0 Å². The largest absolute Gasteiger partial charge is 0.489 e. The van der Waals surface area contributed by atoms with Crippen molar-refractivity contribution < 1.29 is 14.6 Å². The first-order valence-electron chi connectivity index (χ1n) is 7.89. The molecule has 1 N–H and O–H groups in total. The van der Waals surface area contributed by atoms with Gasteiger partial charge >= 0.3 is 5.97 Å². The van der Waals surface area contributed by atoms with E-state index in [1.807, 2.05) is 32.0 Å². The van der Waals surface area contributed by atoms with E-state index >= 15 is 0 Å². The second kappa shape index (κ2) is 6.09. The van der Waals surface area contributed by atoms with Gasteiger partial charge in [-0.2, -0.15) is 0 Å². The highest BCUT2D eigenvalue weighted by atomic mass is 35.5. The number of aliphatic carboxylic acids is 1. The maximum absolute atomic E-state index is 11.3. The molecule has 120 valence electrons. The van der Waals surface area contributed by atoms with Crippen molar-refractivity contribution in [2.75, 3.05) is 0 Å². The van der Waals surface area contributed by atoms with Crippen molar-refractivity contribution in [3.05, 3.63) is 28.8 Å². The first kappa shape index (κ1) is 15.6. The van der Waals surface area contributed by atoms with E-state index < -0.39 is 5.97 Å². The molecule has 1 aromatic carbocycles. The molecule has 0 radical (unpaired) electrons. The lowest BCUT2D eigenvalue weighted by molar-refractivity contribution is -0.142. The quantitative estimate of drug-likeness (QED) is 0.900. The SMILES string of the molecule is CC(C)Oc1ccc(CN2C3CCC2C(C(=O)O)C3)cc1Cl. The summed E-state index contributed by atoms with van der Waals surface area (Å²) in [5.74, 6) is -0.165. The Kier molecular flexibility index (Phi) is 4.33. The minimum Gasteiger partial charge on any atom is -0.489 e. The highest BCUT2D eigenvalue weighted by Crippen LogP contribution is 2.43. The number of carboxylic acid groups (broad SMARTS) is 1. The van der Waals surface area contributed by atoms with Crippen LogP contribution in [0.25, 0.3) is 0 Å². The molecule has 2 aliphatic heterocycles. The smallest absolute Gasteiger partial charge is 0.308 e. The van der Waals surface area contributed by atoms with E-state index in [1.165, 1.54) is 0 Å². The van der Waals surface area contributed by atoms with E-state index in [0.29, 0.717) is 16.8 Å². The van der Waals surface area contributed by atoms with E-state index in [0.717, 1.165) is 31.4 Å². The predicted molar refractivity (Wildman–Crippen MR) is 85.3 cm³/mol. The summed E-state index contributed by atoms with van der Waals surface area (Å²) in [6.07, 6.45) is 2.97. The standard InChI is InChI=1S/C17H22ClNO3/c1-10(2)22-16-6-3-11(7-14(16)18)9-19-12-4-5-15(19)13(8-12)17(20)21/h3,6-7,10,12-13,15H,4-5,8-9H2,1-2H3,(H,20,21). The predicted octanol–water partition coefficient (Wildman–Crippen LogP) is 3.56. The van der Waals surface area contributed by atoms with Gasteiger partial charge in [-0.05, 0) is 50.8 Å². The average molecular weight is 324 g/mol. The van der Waals surface area contributed by atoms with Crippen molar-refractivity contribution in [2.24, 2.45) is 5.92 Å². The summed E-state index contributed by atoms with van der Waals surface area (Å²) in [5, 5.41) is 9.94. The van der Waals surface area contributed by atoms with Gasteiger partial charge in [-0.3, -0.25) is 9.69 Å². The Morgan fingerprint density at radius 3 is 2.82 bits per heavy atom. The fourth-order valence-electron chi connectivity index (χ4n) is 3.82. The average Bonchev–Trinajstić information content (AvgIpc) is 2.98. The molecule has 2 fully saturated rings. The summed E-state index contributed by atoms with van der Waals surface area (Å²) in [6.45, 7) is 4.71. The van der Waals surface area contributed by atoms with Gasteiger partial charge in [0, 0.05) is 18.6 Å². The molecule has 0 aliphatic carbocycles. The lowest BCUT2D eigenvalue weighted by Gasteiger charge is -2.23. The second-order valence-electron chi connectivity index (χ2n) is 6.58. The highest BCUT2D eigenvalue weighted by molar-refractivity contribution is 6.32. The number of ether oxygens (including phenoxy) is 1. The van der Waals surface area contributed by atoms with Crippen LogP contribution in [0.2, 0.25) is 5.02 Å². The molecular weight excluding hydrogens is 302 g/mol. The molecule has 1 aromatic rings. The van der Waals surface area contributed by atoms with Crippen LogP contribution in [0.3, 0.4) is 0 Å². The van der Waals surface area contributed by atoms with Gasteiger partial charge in [0.25, 0.3) is 0 Å². The minimum absolute atomic E-state index is 0.0918. The number of hydrogen-bond acceptors (Lipinski definition) is 3. The molecule has 2 aliphatic rings. The summed E-state index contributed by atoms with van der Waals surface area (Å²) in [7, 11) is 0. The Balaban J connectivity index is 1.72. The Bertz CT molecular complexity index is 575. The van der Waals surface area contributed by atoms with Crippen LogP contribution in [0.5, 0.6) is 5.75 Å². The normalized spacial score (nSPS) is 27.5. The first-order chi connectivity index (χ1) is 10.5. The monoisotopic (exact) mass is 323 g/mol. The number of nitrogens with zero attached hydrogens (tertiary/aromatic N) is 1. The topological polar surface area (TPSA) is 49.8 Å². The van der Waals surface area contributed by atoms with E-state index in [1.54, 1.807) is 0 Å². The number of carboxylic acids is 1. The molecule has 3 atom stereocenters. The van der Waals surface area contributed by atoms with E-state index in [-0.39, 0.29) is 18.1 Å². The summed E-state index contributed by atoms with van der Waals surface area (Å²) >= 11 is 6.29. The van der Waals surface area contributed by atoms with Crippen molar-refractivity contribution in [1.29, 1.82) is 0 Å². The van der Waals surface area contributed by atoms with Gasteiger partial charge in [-0.25, -0.2) is 0 Å². The molecule has 0 aromatic heterocycles. The van der Waals surface area contributed by atoms with Crippen molar-refractivity contribution in [3.8, 4) is 5.75 Å². The lowest BCUT2D eigenvalue weighted by Crippen LogP contribution is -2.32. The third-order valence-corrected chi connectivity index (χ3v) is 5.02. The van der Waals surface area contributed by atoms with Crippen LogP contribution < -0.4 is 4.74 Å². The van der Waals surface area contributed by atoms with E-state index in [2.05, 4.69) is 4.90 Å². The summed E-state index contributed by atoms with van der Waals surface area (Å²) in [6, 6.07) is 6.44. The fourth-order valence-corrected chi connectivity index (χ4v) is 4.06. The van der Waals surface area contributed by atoms with Gasteiger partial charge in [-0.1, -0.05) is 17.7 Å². The van der Waals surface area contributed by atoms with Crippen molar-refractivity contribution in [1.82, 2.24) is 4.90 Å². The molecule has 3 rings (SSSR count). The fraction of sp³-hybridized carbons (Fsp3) is 0.588. The Morgan fingerprint density at radius 2 is 2.23 bits per heavy atom. The summed E-state index contributed by atoms with van der Waals surface area (Å²) in [4.78, 5) is 13.7. The van der Waals surface area contributed by atoms with Crippen LogP contribution in [0.4, 0.5) is 0 Å². The zero-order chi connectivity index (χ0) is 15.9. The Morgan fingerprint density at radius 1 is 1.45 bits per heavy atom. The van der Waals surface area contributed by atoms with Crippen LogP contribution in [0, 0.1) is 5.92 Å². The third-order valence-electron chi connectivity index (χ3n) is 4.72. The maximum Gasteiger partial charge on any atom is 0.308 e. The van der Waals surface area contributed by atoms with Crippen LogP contribution in [-0.4, -0.2) is 34.2 Å². The van der Waals surface area contributed by atoms with Crippen LogP contribution in [0.15, 0.2) is 18.2 Å². The molecule has 5 heteroatoms. The summed E-state index contributed by atoms with van der Waals surface area (Å²) < 4.78 is 5.65. The number of halogens is 1. The van der Waals surface area contributed by atoms with Gasteiger partial charge in [0.1, 0.15) is 5.75 Å². The van der Waals surface area contributed by atoms with Crippen LogP contribution in [-0.2, 0) is 11.3 Å². The zero-order valence-electron chi connectivity index (χ0n) is 13.0. The summed E-state index contributed by atoms with van der Waals surface area (Å²) in [5.41, 5.74) is 1.11. The number of hydrogen-bond donors (Lipinski definition) is 1. The number of fused-ring (bicyclic) bond motifs is 2. The van der Waals surface area contributed by atoms with Gasteiger partial charge in [0.2, 0.25) is 0 Å². The van der Waals surface area contributed by atoms with Gasteiger partial charge in [-0.15, -0.1) is 0 Å². The van der Waals surface area contributed by atoms with Crippen molar-refractivity contribution >= 4 is 17.6 Å². The van der Waals surface area contributed by atoms with Crippen molar-refractivity contribution in [2.45, 2.75) is 57.8 Å². The lowest BCUT2D eigenvalue weighted by atomic mass is 9.89. The molecule has 22 heavy (non-hydrogen) atoms. The minimum atomic E-state index is -0.657. The number of benzene rings is 1. The highest BCUT2D eigenvalue weighted by Gasteiger charge is 2.48. The molecule has 0 spiro atoms. The van der Waals surface area contributed by atoms with Gasteiger partial charge in [0.05, 0.1) is 17.0 Å². The number of rotatable bonds is 5. The first-order valence-corrected chi connectivity index (χ1v) is 8.27. The third kappa shape index (κ3) is 2.95. The zero-order valence-corrected chi connectivity index (χ0v) is 13.7. The second-order valence-corrected chi connectivity index (χ2v) is 6.99. The van der Waals surface area contributed by atoms with E-state index in [9.17, 15) is 9.90 Å². The van der Waals surface area contributed by atoms with Crippen molar-refractivity contribution in [3.63, 3.8) is 0 Å². The molecule has 2 bridgehead atoms. The Labute approximate surface area is 136 Å². The number of carbonyl (C=O) groups is 1. The molecule has 2 saturated heterocycles. The molecule has 0 amide bonds. The maximum atomic E-state index is 11.3. The van der Waals surface area contributed by atoms with E-state index in [4.69, 9.17) is 16.3 Å². The van der Waals surface area contributed by atoms with Gasteiger partial charge < -0.3 is 9.84 Å².